The van der Waals surface area contributed by atoms with Crippen LogP contribution in [0.1, 0.15) is 5.56 Å². The first-order valence-corrected chi connectivity index (χ1v) is 7.13. The van der Waals surface area contributed by atoms with Crippen LogP contribution in [0.2, 0.25) is 0 Å². The van der Waals surface area contributed by atoms with Gasteiger partial charge in [-0.15, -0.1) is 0 Å². The van der Waals surface area contributed by atoms with Gasteiger partial charge in [0.15, 0.2) is 11.5 Å². The minimum absolute atomic E-state index is 0.121. The molecule has 0 saturated heterocycles. The Morgan fingerprint density at radius 2 is 1.74 bits per heavy atom. The van der Waals surface area contributed by atoms with Crippen molar-refractivity contribution >= 4 is 5.91 Å². The van der Waals surface area contributed by atoms with Crippen LogP contribution in [0.25, 0.3) is 0 Å². The molecule has 0 atom stereocenters. The largest absolute Gasteiger partial charge is 0.504 e. The van der Waals surface area contributed by atoms with Crippen molar-refractivity contribution in [3.8, 4) is 23.0 Å². The van der Waals surface area contributed by atoms with E-state index in [1.54, 1.807) is 37.4 Å². The predicted molar refractivity (Wildman–Crippen MR) is 85.0 cm³/mol. The van der Waals surface area contributed by atoms with E-state index in [1.165, 1.54) is 12.1 Å². The van der Waals surface area contributed by atoms with E-state index in [0.717, 1.165) is 5.75 Å². The molecule has 0 aliphatic carbocycles. The van der Waals surface area contributed by atoms with Gasteiger partial charge in [-0.25, -0.2) is 0 Å². The zero-order chi connectivity index (χ0) is 16.7. The second-order valence-electron chi connectivity index (χ2n) is 4.87. The third-order valence-electron chi connectivity index (χ3n) is 3.16. The van der Waals surface area contributed by atoms with Crippen molar-refractivity contribution < 1.29 is 24.5 Å². The standard InChI is InChI=1S/C17H19NO5/c1-22-13-3-5-14(6-4-13)23-9-8-18-17(21)11-12-2-7-15(19)16(20)10-12/h2-7,10,19-20H,8-9,11H2,1H3,(H,18,21). The first-order valence-electron chi connectivity index (χ1n) is 7.13. The molecule has 6 heteroatoms. The van der Waals surface area contributed by atoms with Gasteiger partial charge in [0.2, 0.25) is 5.91 Å². The average molecular weight is 317 g/mol. The van der Waals surface area contributed by atoms with E-state index in [1.807, 2.05) is 0 Å². The highest BCUT2D eigenvalue weighted by atomic mass is 16.5. The SMILES string of the molecule is COc1ccc(OCCNC(=O)Cc2ccc(O)c(O)c2)cc1. The molecular formula is C17H19NO5. The number of phenols is 2. The summed E-state index contributed by atoms with van der Waals surface area (Å²) in [5, 5.41) is 21.3. The van der Waals surface area contributed by atoms with Gasteiger partial charge < -0.3 is 25.0 Å². The monoisotopic (exact) mass is 317 g/mol. The topological polar surface area (TPSA) is 88.0 Å². The molecule has 0 aliphatic rings. The van der Waals surface area contributed by atoms with Gasteiger partial charge in [0.25, 0.3) is 0 Å². The molecule has 0 saturated carbocycles. The Morgan fingerprint density at radius 3 is 2.39 bits per heavy atom. The summed E-state index contributed by atoms with van der Waals surface area (Å²) < 4.78 is 10.6. The van der Waals surface area contributed by atoms with E-state index in [-0.39, 0.29) is 23.8 Å². The predicted octanol–water partition coefficient (Wildman–Crippen LogP) is 1.84. The van der Waals surface area contributed by atoms with Gasteiger partial charge in [0.05, 0.1) is 20.1 Å². The average Bonchev–Trinajstić information content (AvgIpc) is 2.55. The molecule has 6 nitrogen and oxygen atoms in total. The smallest absolute Gasteiger partial charge is 0.224 e. The number of carbonyl (C=O) groups is 1. The number of ether oxygens (including phenoxy) is 2. The van der Waals surface area contributed by atoms with Gasteiger partial charge >= 0.3 is 0 Å². The maximum absolute atomic E-state index is 11.8. The van der Waals surface area contributed by atoms with Gasteiger partial charge in [-0.1, -0.05) is 6.07 Å². The van der Waals surface area contributed by atoms with Crippen molar-refractivity contribution in [1.29, 1.82) is 0 Å². The van der Waals surface area contributed by atoms with Crippen LogP contribution >= 0.6 is 0 Å². The van der Waals surface area contributed by atoms with Crippen LogP contribution in [-0.4, -0.2) is 36.4 Å². The lowest BCUT2D eigenvalue weighted by molar-refractivity contribution is -0.120. The minimum Gasteiger partial charge on any atom is -0.504 e. The molecule has 122 valence electrons. The Bertz CT molecular complexity index is 655. The Hall–Kier alpha value is -2.89. The number of nitrogens with one attached hydrogen (secondary N) is 1. The van der Waals surface area contributed by atoms with E-state index in [0.29, 0.717) is 24.5 Å². The fraction of sp³-hybridized carbons (Fsp3) is 0.235. The maximum Gasteiger partial charge on any atom is 0.224 e. The van der Waals surface area contributed by atoms with Crippen LogP contribution in [0.5, 0.6) is 23.0 Å². The second-order valence-corrected chi connectivity index (χ2v) is 4.87. The normalized spacial score (nSPS) is 10.1. The molecule has 1 amide bonds. The number of rotatable bonds is 7. The zero-order valence-electron chi connectivity index (χ0n) is 12.8. The third-order valence-corrected chi connectivity index (χ3v) is 3.16. The summed E-state index contributed by atoms with van der Waals surface area (Å²) in [6, 6.07) is 11.5. The highest BCUT2D eigenvalue weighted by Crippen LogP contribution is 2.24. The molecule has 23 heavy (non-hydrogen) atoms. The van der Waals surface area contributed by atoms with E-state index < -0.39 is 0 Å². The molecule has 2 rings (SSSR count). The van der Waals surface area contributed by atoms with Gasteiger partial charge in [-0.2, -0.15) is 0 Å². The minimum atomic E-state index is -0.238. The Morgan fingerprint density at radius 1 is 1.04 bits per heavy atom. The Kier molecular flexibility index (Phi) is 5.68. The highest BCUT2D eigenvalue weighted by molar-refractivity contribution is 5.78. The molecule has 3 N–H and O–H groups in total. The lowest BCUT2D eigenvalue weighted by Gasteiger charge is -2.09. The van der Waals surface area contributed by atoms with E-state index in [4.69, 9.17) is 9.47 Å². The number of hydrogen-bond donors (Lipinski definition) is 3. The van der Waals surface area contributed by atoms with E-state index >= 15 is 0 Å². The van der Waals surface area contributed by atoms with Crippen molar-refractivity contribution in [1.82, 2.24) is 5.32 Å². The first-order chi connectivity index (χ1) is 11.1. The number of hydrogen-bond acceptors (Lipinski definition) is 5. The van der Waals surface area contributed by atoms with Gasteiger partial charge in [0, 0.05) is 0 Å². The van der Waals surface area contributed by atoms with Gasteiger partial charge in [0.1, 0.15) is 18.1 Å². The van der Waals surface area contributed by atoms with Crippen LogP contribution < -0.4 is 14.8 Å². The Balaban J connectivity index is 1.70. The summed E-state index contributed by atoms with van der Waals surface area (Å²) in [6.45, 7) is 0.716. The van der Waals surface area contributed by atoms with Crippen LogP contribution in [0, 0.1) is 0 Å². The molecule has 2 aromatic rings. The number of aromatic hydroxyl groups is 2. The van der Waals surface area contributed by atoms with Crippen molar-refractivity contribution in [3.05, 3.63) is 48.0 Å². The number of amides is 1. The van der Waals surface area contributed by atoms with Crippen molar-refractivity contribution in [2.45, 2.75) is 6.42 Å². The van der Waals surface area contributed by atoms with Crippen LogP contribution in [0.15, 0.2) is 42.5 Å². The lowest BCUT2D eigenvalue weighted by Crippen LogP contribution is -2.29. The lowest BCUT2D eigenvalue weighted by atomic mass is 10.1. The number of phenolic OH excluding ortho intramolecular Hbond substituents is 2. The van der Waals surface area contributed by atoms with E-state index in [2.05, 4.69) is 5.32 Å². The van der Waals surface area contributed by atoms with Crippen LogP contribution in [0.4, 0.5) is 0 Å². The molecule has 0 unspecified atom stereocenters. The first kappa shape index (κ1) is 16.5. The molecule has 0 bridgehead atoms. The highest BCUT2D eigenvalue weighted by Gasteiger charge is 2.06. The summed E-state index contributed by atoms with van der Waals surface area (Å²) in [4.78, 5) is 11.8. The van der Waals surface area contributed by atoms with Gasteiger partial charge in [-0.05, 0) is 42.0 Å². The van der Waals surface area contributed by atoms with Crippen molar-refractivity contribution in [3.63, 3.8) is 0 Å². The molecule has 0 fully saturated rings. The van der Waals surface area contributed by atoms with Gasteiger partial charge in [-0.3, -0.25) is 4.79 Å². The van der Waals surface area contributed by atoms with Crippen LogP contribution in [-0.2, 0) is 11.2 Å². The summed E-state index contributed by atoms with van der Waals surface area (Å²) in [5.74, 6) is 0.819. The maximum atomic E-state index is 11.8. The summed E-state index contributed by atoms with van der Waals surface area (Å²) in [5.41, 5.74) is 0.619. The second kappa shape index (κ2) is 7.93. The summed E-state index contributed by atoms with van der Waals surface area (Å²) >= 11 is 0. The number of carbonyl (C=O) groups excluding carboxylic acids is 1. The summed E-state index contributed by atoms with van der Waals surface area (Å²) in [7, 11) is 1.60. The molecule has 0 aromatic heterocycles. The zero-order valence-corrected chi connectivity index (χ0v) is 12.8. The molecule has 0 radical (unpaired) electrons. The van der Waals surface area contributed by atoms with E-state index in [9.17, 15) is 15.0 Å². The fourth-order valence-corrected chi connectivity index (χ4v) is 1.96. The fourth-order valence-electron chi connectivity index (χ4n) is 1.96. The number of methoxy groups -OCH3 is 1. The Labute approximate surface area is 134 Å². The van der Waals surface area contributed by atoms with Crippen molar-refractivity contribution in [2.75, 3.05) is 20.3 Å². The molecule has 0 spiro atoms. The van der Waals surface area contributed by atoms with Crippen molar-refractivity contribution in [2.24, 2.45) is 0 Å². The van der Waals surface area contributed by atoms with Crippen LogP contribution in [0.3, 0.4) is 0 Å². The summed E-state index contributed by atoms with van der Waals surface area (Å²) in [6.07, 6.45) is 0.121. The quantitative estimate of drug-likeness (QED) is 0.536. The molecular weight excluding hydrogens is 298 g/mol. The number of benzene rings is 2. The molecule has 0 aliphatic heterocycles. The molecule has 2 aromatic carbocycles. The molecule has 0 heterocycles. The third kappa shape index (κ3) is 5.10.